The van der Waals surface area contributed by atoms with Gasteiger partial charge in [-0.25, -0.2) is 5.14 Å². The van der Waals surface area contributed by atoms with Gasteiger partial charge in [-0.05, 0) is 61.6 Å². The van der Waals surface area contributed by atoms with E-state index >= 15 is 0 Å². The Bertz CT molecular complexity index is 818. The van der Waals surface area contributed by atoms with Gasteiger partial charge in [0, 0.05) is 24.2 Å². The third-order valence-corrected chi connectivity index (χ3v) is 7.29. The lowest BCUT2D eigenvalue weighted by atomic mass is 9.65. The van der Waals surface area contributed by atoms with E-state index in [-0.39, 0.29) is 30.3 Å². The quantitative estimate of drug-likeness (QED) is 0.698. The molecule has 1 amide bonds. The Kier molecular flexibility index (Phi) is 5.72. The van der Waals surface area contributed by atoms with Gasteiger partial charge in [-0.1, -0.05) is 12.5 Å². The molecular formula is C18H27ClN4O3S. The SMILES string of the molecule is Cl.NC1C2CCCC1CC(C(=O)Nc1ccc3c(c1)N(S(N)(=O)=O)CC3)C2. The van der Waals surface area contributed by atoms with Gasteiger partial charge in [0.25, 0.3) is 10.2 Å². The van der Waals surface area contributed by atoms with Crippen molar-refractivity contribution in [2.75, 3.05) is 16.2 Å². The molecule has 0 aromatic heterocycles. The molecule has 5 N–H and O–H groups in total. The molecule has 1 heterocycles. The van der Waals surface area contributed by atoms with Gasteiger partial charge < -0.3 is 11.1 Å². The number of benzene rings is 1. The molecule has 2 bridgehead atoms. The van der Waals surface area contributed by atoms with E-state index in [4.69, 9.17) is 10.9 Å². The van der Waals surface area contributed by atoms with Crippen molar-refractivity contribution in [1.82, 2.24) is 0 Å². The van der Waals surface area contributed by atoms with Gasteiger partial charge in [-0.15, -0.1) is 12.4 Å². The summed E-state index contributed by atoms with van der Waals surface area (Å²) in [6, 6.07) is 5.64. The molecule has 1 aliphatic heterocycles. The summed E-state index contributed by atoms with van der Waals surface area (Å²) in [6.07, 6.45) is 5.76. The Labute approximate surface area is 166 Å². The number of hydrogen-bond acceptors (Lipinski definition) is 4. The molecule has 0 saturated heterocycles. The summed E-state index contributed by atoms with van der Waals surface area (Å²) in [4.78, 5) is 12.8. The maximum Gasteiger partial charge on any atom is 0.299 e. The molecule has 2 unspecified atom stereocenters. The number of nitrogens with two attached hydrogens (primary N) is 2. The van der Waals surface area contributed by atoms with Crippen molar-refractivity contribution in [1.29, 1.82) is 0 Å². The third kappa shape index (κ3) is 3.94. The second-order valence-corrected chi connectivity index (χ2v) is 9.37. The van der Waals surface area contributed by atoms with Crippen LogP contribution in [0.1, 0.15) is 37.7 Å². The highest BCUT2D eigenvalue weighted by Crippen LogP contribution is 2.42. The molecule has 4 rings (SSSR count). The second kappa shape index (κ2) is 7.58. The van der Waals surface area contributed by atoms with Gasteiger partial charge in [-0.2, -0.15) is 8.42 Å². The van der Waals surface area contributed by atoms with Crippen LogP contribution >= 0.6 is 12.4 Å². The second-order valence-electron chi connectivity index (χ2n) is 7.90. The van der Waals surface area contributed by atoms with E-state index in [2.05, 4.69) is 5.32 Å². The van der Waals surface area contributed by atoms with Crippen molar-refractivity contribution in [2.45, 2.75) is 44.6 Å². The standard InChI is InChI=1S/C18H26N4O3S.ClH/c19-17-12-2-1-3-13(17)9-14(8-12)18(23)21-15-5-4-11-6-7-22(16(11)10-15)26(20,24)25;/h4-5,10,12-14,17H,1-3,6-9,19H2,(H,21,23)(H2,20,24,25);1H. The number of nitrogens with zero attached hydrogens (tertiary/aromatic N) is 1. The van der Waals surface area contributed by atoms with Gasteiger partial charge in [0.2, 0.25) is 5.91 Å². The number of anilines is 2. The number of hydrogen-bond donors (Lipinski definition) is 3. The minimum atomic E-state index is -3.79. The first-order chi connectivity index (χ1) is 12.3. The molecule has 3 aliphatic rings. The highest BCUT2D eigenvalue weighted by molar-refractivity contribution is 7.90. The van der Waals surface area contributed by atoms with Crippen molar-refractivity contribution in [3.05, 3.63) is 23.8 Å². The van der Waals surface area contributed by atoms with Crippen LogP contribution in [-0.2, 0) is 21.4 Å². The Morgan fingerprint density at radius 1 is 1.19 bits per heavy atom. The summed E-state index contributed by atoms with van der Waals surface area (Å²) in [5, 5.41) is 8.26. The van der Waals surface area contributed by atoms with Gasteiger partial charge in [0.1, 0.15) is 0 Å². The van der Waals surface area contributed by atoms with Crippen LogP contribution in [-0.4, -0.2) is 26.9 Å². The Hall–Kier alpha value is -1.35. The van der Waals surface area contributed by atoms with E-state index < -0.39 is 10.2 Å². The minimum Gasteiger partial charge on any atom is -0.327 e. The molecule has 1 aromatic rings. The summed E-state index contributed by atoms with van der Waals surface area (Å²) in [5.74, 6) is 0.869. The first-order valence-corrected chi connectivity index (χ1v) is 10.8. The van der Waals surface area contributed by atoms with Crippen molar-refractivity contribution in [2.24, 2.45) is 28.6 Å². The summed E-state index contributed by atoms with van der Waals surface area (Å²) in [6.45, 7) is 0.343. The lowest BCUT2D eigenvalue weighted by Gasteiger charge is -2.43. The zero-order valence-electron chi connectivity index (χ0n) is 15.1. The molecule has 2 saturated carbocycles. The molecule has 2 atom stereocenters. The van der Waals surface area contributed by atoms with Crippen LogP contribution in [0.25, 0.3) is 0 Å². The number of carbonyl (C=O) groups is 1. The van der Waals surface area contributed by atoms with Crippen LogP contribution in [0.3, 0.4) is 0 Å². The first-order valence-electron chi connectivity index (χ1n) is 9.33. The minimum absolute atomic E-state index is 0. The highest BCUT2D eigenvalue weighted by atomic mass is 35.5. The molecule has 2 aliphatic carbocycles. The third-order valence-electron chi connectivity index (χ3n) is 6.30. The molecule has 9 heteroatoms. The monoisotopic (exact) mass is 414 g/mol. The molecule has 0 spiro atoms. The zero-order chi connectivity index (χ0) is 18.5. The van der Waals surface area contributed by atoms with Crippen LogP contribution in [0.2, 0.25) is 0 Å². The smallest absolute Gasteiger partial charge is 0.299 e. The van der Waals surface area contributed by atoms with Gasteiger partial charge >= 0.3 is 0 Å². The Morgan fingerprint density at radius 2 is 1.85 bits per heavy atom. The van der Waals surface area contributed by atoms with Crippen LogP contribution in [0.15, 0.2) is 18.2 Å². The molecule has 27 heavy (non-hydrogen) atoms. The molecule has 1 aromatic carbocycles. The maximum atomic E-state index is 12.8. The van der Waals surface area contributed by atoms with E-state index in [1.807, 2.05) is 12.1 Å². The van der Waals surface area contributed by atoms with Crippen LogP contribution in [0, 0.1) is 17.8 Å². The number of amides is 1. The Morgan fingerprint density at radius 3 is 2.48 bits per heavy atom. The fourth-order valence-corrected chi connectivity index (χ4v) is 5.73. The van der Waals surface area contributed by atoms with Crippen molar-refractivity contribution < 1.29 is 13.2 Å². The topological polar surface area (TPSA) is 119 Å². The van der Waals surface area contributed by atoms with E-state index in [0.717, 1.165) is 31.2 Å². The molecule has 2 fully saturated rings. The van der Waals surface area contributed by atoms with Crippen LogP contribution < -0.4 is 20.5 Å². The van der Waals surface area contributed by atoms with Crippen molar-refractivity contribution in [3.63, 3.8) is 0 Å². The fraction of sp³-hybridized carbons (Fsp3) is 0.611. The molecule has 7 nitrogen and oxygen atoms in total. The highest BCUT2D eigenvalue weighted by Gasteiger charge is 2.40. The van der Waals surface area contributed by atoms with Crippen LogP contribution in [0.4, 0.5) is 11.4 Å². The average Bonchev–Trinajstić information content (AvgIpc) is 2.97. The first kappa shape index (κ1) is 20.4. The number of nitrogens with one attached hydrogen (secondary N) is 1. The predicted octanol–water partition coefficient (Wildman–Crippen LogP) is 1.77. The maximum absolute atomic E-state index is 12.8. The zero-order valence-corrected chi connectivity index (χ0v) is 16.8. The van der Waals surface area contributed by atoms with Gasteiger partial charge in [0.05, 0.1) is 5.69 Å². The van der Waals surface area contributed by atoms with Crippen LogP contribution in [0.5, 0.6) is 0 Å². The number of carbonyl (C=O) groups excluding carboxylic acids is 1. The van der Waals surface area contributed by atoms with Crippen molar-refractivity contribution in [3.8, 4) is 0 Å². The van der Waals surface area contributed by atoms with E-state index in [9.17, 15) is 13.2 Å². The van der Waals surface area contributed by atoms with E-state index in [0.29, 0.717) is 36.2 Å². The average molecular weight is 415 g/mol. The molecule has 150 valence electrons. The lowest BCUT2D eigenvalue weighted by molar-refractivity contribution is -0.122. The fourth-order valence-electron chi connectivity index (χ4n) is 4.94. The van der Waals surface area contributed by atoms with Gasteiger partial charge in [0.15, 0.2) is 0 Å². The molecule has 0 radical (unpaired) electrons. The summed E-state index contributed by atoms with van der Waals surface area (Å²) >= 11 is 0. The predicted molar refractivity (Wildman–Crippen MR) is 108 cm³/mol. The van der Waals surface area contributed by atoms with Crippen molar-refractivity contribution >= 4 is 39.9 Å². The lowest BCUT2D eigenvalue weighted by Crippen LogP contribution is -2.48. The van der Waals surface area contributed by atoms with Gasteiger partial charge in [-0.3, -0.25) is 9.10 Å². The largest absolute Gasteiger partial charge is 0.327 e. The normalized spacial score (nSPS) is 29.6. The summed E-state index contributed by atoms with van der Waals surface area (Å²) < 4.78 is 24.6. The number of halogens is 1. The number of fused-ring (bicyclic) bond motifs is 3. The summed E-state index contributed by atoms with van der Waals surface area (Å²) in [7, 11) is -3.79. The van der Waals surface area contributed by atoms with E-state index in [1.54, 1.807) is 6.07 Å². The Balaban J connectivity index is 0.00000210. The molecular weight excluding hydrogens is 388 g/mol. The summed E-state index contributed by atoms with van der Waals surface area (Å²) in [5.41, 5.74) is 8.41. The number of rotatable bonds is 3. The van der Waals surface area contributed by atoms with E-state index in [1.165, 1.54) is 10.7 Å².